The van der Waals surface area contributed by atoms with Crippen LogP contribution >= 0.6 is 0 Å². The Morgan fingerprint density at radius 2 is 1.73 bits per heavy atom. The van der Waals surface area contributed by atoms with Crippen molar-refractivity contribution in [3.8, 4) is 0 Å². The van der Waals surface area contributed by atoms with Crippen LogP contribution in [0.25, 0.3) is 0 Å². The maximum Gasteiger partial charge on any atom is 0.207 e. The number of hydrogen-bond acceptors (Lipinski definition) is 1. The van der Waals surface area contributed by atoms with Crippen LogP contribution in [0.4, 0.5) is 0 Å². The lowest BCUT2D eigenvalue weighted by molar-refractivity contribution is -0.112. The summed E-state index contributed by atoms with van der Waals surface area (Å²) in [6.07, 6.45) is 1.74. The highest BCUT2D eigenvalue weighted by Crippen LogP contribution is 2.31. The normalized spacial score (nSPS) is 17.2. The Labute approximate surface area is 69.4 Å². The summed E-state index contributed by atoms with van der Waals surface area (Å²) in [5.41, 5.74) is 0.0252. The van der Waals surface area contributed by atoms with Gasteiger partial charge in [0.1, 0.15) is 0 Å². The van der Waals surface area contributed by atoms with Gasteiger partial charge in [-0.05, 0) is 18.8 Å². The first-order valence-corrected chi connectivity index (χ1v) is 4.09. The molecule has 0 rings (SSSR count). The van der Waals surface area contributed by atoms with Crippen LogP contribution in [0.15, 0.2) is 0 Å². The van der Waals surface area contributed by atoms with Crippen molar-refractivity contribution in [3.05, 3.63) is 0 Å². The Bertz CT molecular complexity index is 137. The number of rotatable bonds is 3. The zero-order valence-corrected chi connectivity index (χ0v) is 8.19. The van der Waals surface area contributed by atoms with E-state index in [4.69, 9.17) is 0 Å². The molecule has 0 aromatic rings. The van der Waals surface area contributed by atoms with Crippen LogP contribution in [-0.4, -0.2) is 11.9 Å². The molecule has 0 bridgehead atoms. The average Bonchev–Trinajstić information content (AvgIpc) is 1.86. The summed E-state index contributed by atoms with van der Waals surface area (Å²) in [6.45, 7) is 10.6. The zero-order valence-electron chi connectivity index (χ0n) is 8.19. The van der Waals surface area contributed by atoms with Gasteiger partial charge in [-0.2, -0.15) is 0 Å². The van der Waals surface area contributed by atoms with E-state index in [-0.39, 0.29) is 11.0 Å². The molecule has 0 saturated heterocycles. The highest BCUT2D eigenvalue weighted by Gasteiger charge is 2.34. The Morgan fingerprint density at radius 1 is 1.27 bits per heavy atom. The highest BCUT2D eigenvalue weighted by atomic mass is 16.1. The molecule has 0 saturated carbocycles. The minimum Gasteiger partial charge on any atom is -0.353 e. The molecule has 1 amide bonds. The van der Waals surface area contributed by atoms with E-state index in [1.54, 1.807) is 0 Å². The van der Waals surface area contributed by atoms with Crippen LogP contribution < -0.4 is 5.32 Å². The highest BCUT2D eigenvalue weighted by molar-refractivity contribution is 5.48. The van der Waals surface area contributed by atoms with Crippen molar-refractivity contribution in [1.82, 2.24) is 5.32 Å². The third-order valence-corrected chi connectivity index (χ3v) is 2.74. The van der Waals surface area contributed by atoms with Crippen LogP contribution in [0.1, 0.15) is 41.0 Å². The smallest absolute Gasteiger partial charge is 0.207 e. The molecule has 0 aromatic heterocycles. The van der Waals surface area contributed by atoms with E-state index in [0.717, 1.165) is 12.8 Å². The Hall–Kier alpha value is -0.530. The van der Waals surface area contributed by atoms with Crippen LogP contribution in [0.3, 0.4) is 0 Å². The number of hydrogen-bond donors (Lipinski definition) is 1. The molecule has 0 spiro atoms. The number of carbonyl (C=O) groups is 1. The van der Waals surface area contributed by atoms with Gasteiger partial charge in [0.05, 0.1) is 0 Å². The van der Waals surface area contributed by atoms with Gasteiger partial charge in [-0.3, -0.25) is 4.79 Å². The predicted molar refractivity (Wildman–Crippen MR) is 47.4 cm³/mol. The van der Waals surface area contributed by atoms with Crippen molar-refractivity contribution in [2.45, 2.75) is 46.6 Å². The number of amides is 1. The predicted octanol–water partition coefficient (Wildman–Crippen LogP) is 1.95. The molecular weight excluding hydrogens is 138 g/mol. The molecule has 0 aliphatic heterocycles. The monoisotopic (exact) mass is 157 g/mol. The molecule has 1 atom stereocenters. The minimum atomic E-state index is -0.0885. The first-order valence-electron chi connectivity index (χ1n) is 4.09. The molecule has 2 nitrogen and oxygen atoms in total. The zero-order chi connectivity index (χ0) is 9.12. The van der Waals surface area contributed by atoms with Gasteiger partial charge in [-0.15, -0.1) is 0 Å². The Morgan fingerprint density at radius 3 is 1.82 bits per heavy atom. The van der Waals surface area contributed by atoms with Gasteiger partial charge in [0.25, 0.3) is 0 Å². The molecule has 2 heteroatoms. The van der Waals surface area contributed by atoms with Gasteiger partial charge in [-0.1, -0.05) is 27.7 Å². The molecule has 0 aliphatic carbocycles. The summed E-state index contributed by atoms with van der Waals surface area (Å²) < 4.78 is 0. The summed E-state index contributed by atoms with van der Waals surface area (Å²) in [5.74, 6) is 0. The lowest BCUT2D eigenvalue weighted by Gasteiger charge is -2.40. The third-order valence-electron chi connectivity index (χ3n) is 2.74. The lowest BCUT2D eigenvalue weighted by atomic mass is 9.73. The molecule has 11 heavy (non-hydrogen) atoms. The molecule has 66 valence electrons. The topological polar surface area (TPSA) is 29.1 Å². The van der Waals surface area contributed by atoms with Gasteiger partial charge in [0.2, 0.25) is 6.41 Å². The third kappa shape index (κ3) is 2.21. The van der Waals surface area contributed by atoms with Crippen molar-refractivity contribution >= 4 is 6.41 Å². The first kappa shape index (κ1) is 10.5. The van der Waals surface area contributed by atoms with Gasteiger partial charge in [0, 0.05) is 5.54 Å². The molecule has 0 aliphatic rings. The van der Waals surface area contributed by atoms with Crippen molar-refractivity contribution in [2.75, 3.05) is 0 Å². The average molecular weight is 157 g/mol. The molecule has 0 aromatic carbocycles. The Balaban J connectivity index is 4.45. The van der Waals surface area contributed by atoms with Crippen molar-refractivity contribution in [3.63, 3.8) is 0 Å². The first-order chi connectivity index (χ1) is 4.87. The quantitative estimate of drug-likeness (QED) is 0.623. The fraction of sp³-hybridized carbons (Fsp3) is 0.889. The Kier molecular flexibility index (Phi) is 3.09. The second-order valence-electron chi connectivity index (χ2n) is 4.20. The van der Waals surface area contributed by atoms with Crippen LogP contribution in [-0.2, 0) is 4.79 Å². The molecule has 1 N–H and O–H groups in total. The van der Waals surface area contributed by atoms with Gasteiger partial charge in [0.15, 0.2) is 0 Å². The molecule has 1 unspecified atom stereocenters. The summed E-state index contributed by atoms with van der Waals surface area (Å²) >= 11 is 0. The van der Waals surface area contributed by atoms with Crippen molar-refractivity contribution in [2.24, 2.45) is 5.41 Å². The van der Waals surface area contributed by atoms with Crippen molar-refractivity contribution in [1.29, 1.82) is 0 Å². The van der Waals surface area contributed by atoms with Gasteiger partial charge in [-0.25, -0.2) is 0 Å². The summed E-state index contributed by atoms with van der Waals surface area (Å²) in [5, 5.41) is 2.87. The molecule has 0 radical (unpaired) electrons. The van der Waals surface area contributed by atoms with E-state index >= 15 is 0 Å². The lowest BCUT2D eigenvalue weighted by Crippen LogP contribution is -2.51. The van der Waals surface area contributed by atoms with Crippen LogP contribution in [0, 0.1) is 5.41 Å². The van der Waals surface area contributed by atoms with Crippen LogP contribution in [0.2, 0.25) is 0 Å². The summed E-state index contributed by atoms with van der Waals surface area (Å²) in [4.78, 5) is 10.3. The van der Waals surface area contributed by atoms with E-state index in [1.165, 1.54) is 0 Å². The SMILES string of the molecule is CCC(C)(NC=O)C(C)(C)C. The maximum absolute atomic E-state index is 10.3. The van der Waals surface area contributed by atoms with Crippen LogP contribution in [0.5, 0.6) is 0 Å². The van der Waals surface area contributed by atoms with Crippen molar-refractivity contribution < 1.29 is 4.79 Å². The van der Waals surface area contributed by atoms with E-state index in [9.17, 15) is 4.79 Å². The van der Waals surface area contributed by atoms with E-state index < -0.39 is 0 Å². The molecule has 0 heterocycles. The standard InChI is InChI=1S/C9H19NO/c1-6-9(5,10-7-11)8(2,3)4/h7H,6H2,1-5H3,(H,10,11). The minimum absolute atomic E-state index is 0.0885. The second kappa shape index (κ2) is 3.24. The summed E-state index contributed by atoms with van der Waals surface area (Å²) in [6, 6.07) is 0. The maximum atomic E-state index is 10.3. The fourth-order valence-corrected chi connectivity index (χ4v) is 0.979. The summed E-state index contributed by atoms with van der Waals surface area (Å²) in [7, 11) is 0. The second-order valence-corrected chi connectivity index (χ2v) is 4.20. The van der Waals surface area contributed by atoms with Gasteiger partial charge >= 0.3 is 0 Å². The fourth-order valence-electron chi connectivity index (χ4n) is 0.979. The van der Waals surface area contributed by atoms with E-state index in [0.29, 0.717) is 0 Å². The van der Waals surface area contributed by atoms with E-state index in [1.807, 2.05) is 0 Å². The van der Waals surface area contributed by atoms with E-state index in [2.05, 4.69) is 39.9 Å². The molecule has 0 fully saturated rings. The largest absolute Gasteiger partial charge is 0.353 e. The number of carbonyl (C=O) groups excluding carboxylic acids is 1. The molecular formula is C9H19NO. The number of nitrogens with one attached hydrogen (secondary N) is 1. The van der Waals surface area contributed by atoms with Gasteiger partial charge < -0.3 is 5.32 Å².